The molecule has 6 nitrogen and oxygen atoms in total. The molecule has 22 heavy (non-hydrogen) atoms. The van der Waals surface area contributed by atoms with E-state index in [0.717, 1.165) is 12.8 Å². The predicted octanol–water partition coefficient (Wildman–Crippen LogP) is 4.21. The molecule has 2 aromatic heterocycles. The zero-order valence-electron chi connectivity index (χ0n) is 12.9. The Morgan fingerprint density at radius 2 is 1.95 bits per heavy atom. The first kappa shape index (κ1) is 16.1. The minimum absolute atomic E-state index is 0.0182. The van der Waals surface area contributed by atoms with Crippen LogP contribution in [0.3, 0.4) is 0 Å². The summed E-state index contributed by atoms with van der Waals surface area (Å²) in [5, 5.41) is 15.5. The molecule has 0 aromatic carbocycles. The van der Waals surface area contributed by atoms with Crippen molar-refractivity contribution < 1.29 is 4.92 Å². The molecule has 0 N–H and O–H groups in total. The number of pyridine rings is 1. The highest BCUT2D eigenvalue weighted by Gasteiger charge is 2.21. The molecule has 0 saturated carbocycles. The molecule has 0 bridgehead atoms. The third-order valence-corrected chi connectivity index (χ3v) is 3.59. The van der Waals surface area contributed by atoms with Gasteiger partial charge in [-0.05, 0) is 18.6 Å². The van der Waals surface area contributed by atoms with Crippen molar-refractivity contribution in [2.45, 2.75) is 52.0 Å². The topological polar surface area (TPSA) is 73.8 Å². The van der Waals surface area contributed by atoms with Crippen molar-refractivity contribution in [1.29, 1.82) is 0 Å². The Kier molecular flexibility index (Phi) is 6.06. The highest BCUT2D eigenvalue weighted by Crippen LogP contribution is 2.26. The van der Waals surface area contributed by atoms with Crippen LogP contribution in [0.1, 0.15) is 45.4 Å². The third kappa shape index (κ3) is 4.38. The molecule has 6 heteroatoms. The lowest BCUT2D eigenvalue weighted by atomic mass is 10.1. The monoisotopic (exact) mass is 302 g/mol. The molecular weight excluding hydrogens is 280 g/mol. The molecular formula is C16H22N4O2. The molecule has 0 aliphatic heterocycles. The van der Waals surface area contributed by atoms with Gasteiger partial charge in [-0.15, -0.1) is 0 Å². The van der Waals surface area contributed by atoms with E-state index < -0.39 is 4.92 Å². The summed E-state index contributed by atoms with van der Waals surface area (Å²) in [5.41, 5.74) is 0.900. The lowest BCUT2D eigenvalue weighted by molar-refractivity contribution is -0.384. The second kappa shape index (κ2) is 8.26. The van der Waals surface area contributed by atoms with Crippen LogP contribution in [-0.4, -0.2) is 19.7 Å². The van der Waals surface area contributed by atoms with Gasteiger partial charge in [0.25, 0.3) is 0 Å². The number of nitrogens with zero attached hydrogens (tertiary/aromatic N) is 4. The number of unbranched alkanes of at least 4 members (excludes halogenated alkanes) is 5. The van der Waals surface area contributed by atoms with Crippen LogP contribution < -0.4 is 0 Å². The van der Waals surface area contributed by atoms with Crippen LogP contribution >= 0.6 is 0 Å². The fraction of sp³-hybridized carbons (Fsp3) is 0.500. The quantitative estimate of drug-likeness (QED) is 0.395. The van der Waals surface area contributed by atoms with E-state index in [-0.39, 0.29) is 5.69 Å². The van der Waals surface area contributed by atoms with Crippen molar-refractivity contribution in [2.75, 3.05) is 0 Å². The number of nitro groups is 1. The average Bonchev–Trinajstić information content (AvgIpc) is 2.96. The van der Waals surface area contributed by atoms with Crippen molar-refractivity contribution in [1.82, 2.24) is 14.8 Å². The molecule has 0 fully saturated rings. The molecule has 0 saturated heterocycles. The highest BCUT2D eigenvalue weighted by molar-refractivity contribution is 5.65. The van der Waals surface area contributed by atoms with E-state index >= 15 is 0 Å². The maximum Gasteiger partial charge on any atom is 0.316 e. The van der Waals surface area contributed by atoms with Gasteiger partial charge in [0.05, 0.1) is 10.6 Å². The minimum Gasteiger partial charge on any atom is -0.265 e. The first-order chi connectivity index (χ1) is 10.7. The maximum atomic E-state index is 11.2. The zero-order chi connectivity index (χ0) is 15.8. The van der Waals surface area contributed by atoms with E-state index in [0.29, 0.717) is 17.9 Å². The molecule has 0 atom stereocenters. The molecule has 2 heterocycles. The summed E-state index contributed by atoms with van der Waals surface area (Å²) in [6.07, 6.45) is 10.2. The van der Waals surface area contributed by atoms with Gasteiger partial charge in [-0.2, -0.15) is 5.10 Å². The second-order valence-corrected chi connectivity index (χ2v) is 5.37. The van der Waals surface area contributed by atoms with E-state index in [2.05, 4.69) is 17.0 Å². The molecule has 118 valence electrons. The van der Waals surface area contributed by atoms with Crippen LogP contribution in [0.25, 0.3) is 11.4 Å². The van der Waals surface area contributed by atoms with Crippen molar-refractivity contribution in [3.63, 3.8) is 0 Å². The van der Waals surface area contributed by atoms with Gasteiger partial charge in [0.2, 0.25) is 0 Å². The van der Waals surface area contributed by atoms with E-state index in [9.17, 15) is 10.1 Å². The van der Waals surface area contributed by atoms with Crippen molar-refractivity contribution in [2.24, 2.45) is 0 Å². The number of aromatic nitrogens is 3. The molecule has 2 aromatic rings. The van der Waals surface area contributed by atoms with Gasteiger partial charge >= 0.3 is 5.69 Å². The lowest BCUT2D eigenvalue weighted by Crippen LogP contribution is -1.99. The Morgan fingerprint density at radius 3 is 2.64 bits per heavy atom. The molecule has 0 radical (unpaired) electrons. The van der Waals surface area contributed by atoms with Crippen molar-refractivity contribution in [3.8, 4) is 11.4 Å². The number of aryl methyl sites for hydroxylation is 1. The third-order valence-electron chi connectivity index (χ3n) is 3.59. The predicted molar refractivity (Wildman–Crippen MR) is 85.5 cm³/mol. The van der Waals surface area contributed by atoms with E-state index in [1.54, 1.807) is 29.1 Å². The van der Waals surface area contributed by atoms with Crippen molar-refractivity contribution >= 4 is 5.69 Å². The minimum atomic E-state index is -0.394. The summed E-state index contributed by atoms with van der Waals surface area (Å²) < 4.78 is 1.67. The van der Waals surface area contributed by atoms with Crippen LogP contribution in [0.5, 0.6) is 0 Å². The van der Waals surface area contributed by atoms with Crippen LogP contribution in [0.2, 0.25) is 0 Å². The molecule has 0 aliphatic carbocycles. The molecule has 0 aliphatic rings. The van der Waals surface area contributed by atoms with Gasteiger partial charge in [0.1, 0.15) is 6.20 Å². The Bertz CT molecular complexity index is 595. The standard InChI is InChI=1S/C16H22N4O2/c1-2-3-4-5-6-9-12-19-13-15(20(21)22)16(18-19)14-10-7-8-11-17-14/h7-8,10-11,13H,2-6,9,12H2,1H3. The van der Waals surface area contributed by atoms with Crippen LogP contribution in [-0.2, 0) is 6.54 Å². The fourth-order valence-corrected chi connectivity index (χ4v) is 2.40. The average molecular weight is 302 g/mol. The van der Waals surface area contributed by atoms with Crippen LogP contribution in [0.4, 0.5) is 5.69 Å². The van der Waals surface area contributed by atoms with Gasteiger partial charge in [0, 0.05) is 12.7 Å². The Balaban J connectivity index is 2.00. The smallest absolute Gasteiger partial charge is 0.265 e. The summed E-state index contributed by atoms with van der Waals surface area (Å²) in [5.74, 6) is 0. The van der Waals surface area contributed by atoms with E-state index in [1.807, 2.05) is 0 Å². The van der Waals surface area contributed by atoms with Gasteiger partial charge < -0.3 is 0 Å². The summed E-state index contributed by atoms with van der Waals surface area (Å²) in [6, 6.07) is 5.33. The number of hydrogen-bond donors (Lipinski definition) is 0. The van der Waals surface area contributed by atoms with E-state index in [1.165, 1.54) is 31.9 Å². The van der Waals surface area contributed by atoms with Gasteiger partial charge in [-0.25, -0.2) is 0 Å². The van der Waals surface area contributed by atoms with Crippen LogP contribution in [0, 0.1) is 10.1 Å². The Labute approximate surface area is 130 Å². The summed E-state index contributed by atoms with van der Waals surface area (Å²) >= 11 is 0. The fourth-order valence-electron chi connectivity index (χ4n) is 2.40. The molecule has 0 amide bonds. The maximum absolute atomic E-state index is 11.2. The molecule has 0 spiro atoms. The highest BCUT2D eigenvalue weighted by atomic mass is 16.6. The Morgan fingerprint density at radius 1 is 1.18 bits per heavy atom. The van der Waals surface area contributed by atoms with E-state index in [4.69, 9.17) is 0 Å². The first-order valence-electron chi connectivity index (χ1n) is 7.85. The van der Waals surface area contributed by atoms with Crippen LogP contribution in [0.15, 0.2) is 30.6 Å². The first-order valence-corrected chi connectivity index (χ1v) is 7.85. The summed E-state index contributed by atoms with van der Waals surface area (Å²) in [7, 11) is 0. The zero-order valence-corrected chi connectivity index (χ0v) is 12.9. The number of rotatable bonds is 9. The Hall–Kier alpha value is -2.24. The van der Waals surface area contributed by atoms with Gasteiger partial charge in [-0.3, -0.25) is 19.8 Å². The normalized spacial score (nSPS) is 10.8. The van der Waals surface area contributed by atoms with Gasteiger partial charge in [0.15, 0.2) is 5.69 Å². The number of hydrogen-bond acceptors (Lipinski definition) is 4. The summed E-state index contributed by atoms with van der Waals surface area (Å²) in [4.78, 5) is 14.9. The van der Waals surface area contributed by atoms with Crippen molar-refractivity contribution in [3.05, 3.63) is 40.7 Å². The SMILES string of the molecule is CCCCCCCCn1cc([N+](=O)[O-])c(-c2ccccn2)n1. The lowest BCUT2D eigenvalue weighted by Gasteiger charge is -2.01. The summed E-state index contributed by atoms with van der Waals surface area (Å²) in [6.45, 7) is 2.90. The molecule has 2 rings (SSSR count). The van der Waals surface area contributed by atoms with Gasteiger partial charge in [-0.1, -0.05) is 45.1 Å². The largest absolute Gasteiger partial charge is 0.316 e. The molecule has 0 unspecified atom stereocenters. The second-order valence-electron chi connectivity index (χ2n) is 5.37.